The monoisotopic (exact) mass is 210 g/mol. The van der Waals surface area contributed by atoms with E-state index in [9.17, 15) is 4.79 Å². The van der Waals surface area contributed by atoms with Gasteiger partial charge in [0, 0.05) is 6.42 Å². The number of hydrogen-bond acceptors (Lipinski definition) is 1. The normalized spacial score (nSPS) is 13.3. The fraction of sp³-hybridized carbons (Fsp3) is 0.786. The van der Waals surface area contributed by atoms with Gasteiger partial charge in [0.1, 0.15) is 0 Å². The van der Waals surface area contributed by atoms with E-state index in [1.54, 1.807) is 6.08 Å². The molecule has 0 aliphatic heterocycles. The Morgan fingerprint density at radius 1 is 1.20 bits per heavy atom. The quantitative estimate of drug-likeness (QED) is 0.404. The van der Waals surface area contributed by atoms with E-state index in [0.29, 0.717) is 11.7 Å². The Labute approximate surface area is 95.0 Å². The lowest BCUT2D eigenvalue weighted by Crippen LogP contribution is -2.02. The molecule has 1 unspecified atom stereocenters. The van der Waals surface area contributed by atoms with E-state index in [2.05, 4.69) is 20.8 Å². The first-order chi connectivity index (χ1) is 7.20. The van der Waals surface area contributed by atoms with Gasteiger partial charge in [0.05, 0.1) is 0 Å². The van der Waals surface area contributed by atoms with Crippen LogP contribution in [0.15, 0.2) is 12.2 Å². The molecule has 1 heteroatoms. The summed E-state index contributed by atoms with van der Waals surface area (Å²) in [5.74, 6) is 0.843. The second-order valence-electron chi connectivity index (χ2n) is 4.46. The minimum Gasteiger partial charge on any atom is -0.295 e. The minimum absolute atomic E-state index is 0.299. The third-order valence-corrected chi connectivity index (χ3v) is 2.61. The number of ketones is 1. The van der Waals surface area contributed by atoms with Crippen molar-refractivity contribution in [2.24, 2.45) is 5.92 Å². The first kappa shape index (κ1) is 14.4. The van der Waals surface area contributed by atoms with Crippen LogP contribution in [0.3, 0.4) is 0 Å². The van der Waals surface area contributed by atoms with Gasteiger partial charge in [-0.05, 0) is 24.8 Å². The van der Waals surface area contributed by atoms with E-state index in [4.69, 9.17) is 0 Å². The molecule has 15 heavy (non-hydrogen) atoms. The molecule has 0 aliphatic carbocycles. The van der Waals surface area contributed by atoms with Gasteiger partial charge < -0.3 is 0 Å². The summed E-state index contributed by atoms with van der Waals surface area (Å²) in [6.07, 6.45) is 11.7. The Balaban J connectivity index is 3.54. The van der Waals surface area contributed by atoms with Crippen LogP contribution in [0.2, 0.25) is 0 Å². The molecule has 0 aromatic carbocycles. The molecule has 0 heterocycles. The number of carbonyl (C=O) groups excluding carboxylic acids is 1. The number of carbonyl (C=O) groups is 1. The predicted octanol–water partition coefficient (Wildman–Crippen LogP) is 4.52. The zero-order chi connectivity index (χ0) is 11.5. The van der Waals surface area contributed by atoms with Crippen LogP contribution >= 0.6 is 0 Å². The molecule has 88 valence electrons. The van der Waals surface area contributed by atoms with Crippen molar-refractivity contribution in [1.29, 1.82) is 0 Å². The number of rotatable bonds is 9. The third-order valence-electron chi connectivity index (χ3n) is 2.61. The number of hydrogen-bond donors (Lipinski definition) is 0. The van der Waals surface area contributed by atoms with Crippen molar-refractivity contribution in [2.75, 3.05) is 0 Å². The van der Waals surface area contributed by atoms with Crippen LogP contribution in [0, 0.1) is 5.92 Å². The summed E-state index contributed by atoms with van der Waals surface area (Å²) < 4.78 is 0. The number of unbranched alkanes of at least 4 members (excludes halogenated alkanes) is 3. The van der Waals surface area contributed by atoms with Gasteiger partial charge in [-0.3, -0.25) is 4.79 Å². The van der Waals surface area contributed by atoms with Crippen LogP contribution in [-0.4, -0.2) is 5.78 Å². The summed E-state index contributed by atoms with van der Waals surface area (Å²) >= 11 is 0. The maximum atomic E-state index is 11.5. The first-order valence-corrected chi connectivity index (χ1v) is 6.40. The summed E-state index contributed by atoms with van der Waals surface area (Å²) in [5.41, 5.74) is 0. The zero-order valence-electron chi connectivity index (χ0n) is 10.6. The highest BCUT2D eigenvalue weighted by molar-refractivity contribution is 5.89. The van der Waals surface area contributed by atoms with E-state index < -0.39 is 0 Å². The SMILES string of the molecule is CCCCCC=CC(=O)CC(C)CCC. The summed E-state index contributed by atoms with van der Waals surface area (Å²) in [5, 5.41) is 0. The predicted molar refractivity (Wildman–Crippen MR) is 67.0 cm³/mol. The van der Waals surface area contributed by atoms with Crippen LogP contribution in [0.25, 0.3) is 0 Å². The Morgan fingerprint density at radius 3 is 2.53 bits per heavy atom. The van der Waals surface area contributed by atoms with Crippen LogP contribution in [0.4, 0.5) is 0 Å². The standard InChI is InChI=1S/C14H26O/c1-4-6-7-8-9-11-14(15)12-13(3)10-5-2/h9,11,13H,4-8,10,12H2,1-3H3. The van der Waals surface area contributed by atoms with E-state index in [0.717, 1.165) is 19.3 Å². The van der Waals surface area contributed by atoms with Crippen molar-refractivity contribution in [1.82, 2.24) is 0 Å². The Hall–Kier alpha value is -0.590. The lowest BCUT2D eigenvalue weighted by Gasteiger charge is -2.05. The fourth-order valence-electron chi connectivity index (χ4n) is 1.73. The van der Waals surface area contributed by atoms with E-state index in [-0.39, 0.29) is 0 Å². The second-order valence-corrected chi connectivity index (χ2v) is 4.46. The van der Waals surface area contributed by atoms with Crippen molar-refractivity contribution in [3.8, 4) is 0 Å². The molecule has 0 saturated heterocycles. The van der Waals surface area contributed by atoms with E-state index in [1.807, 2.05) is 6.08 Å². The highest BCUT2D eigenvalue weighted by Gasteiger charge is 2.04. The van der Waals surface area contributed by atoms with Crippen molar-refractivity contribution in [3.63, 3.8) is 0 Å². The average molecular weight is 210 g/mol. The van der Waals surface area contributed by atoms with Crippen LogP contribution < -0.4 is 0 Å². The van der Waals surface area contributed by atoms with Gasteiger partial charge in [0.25, 0.3) is 0 Å². The van der Waals surface area contributed by atoms with Crippen LogP contribution in [-0.2, 0) is 4.79 Å². The molecule has 0 rings (SSSR count). The molecule has 0 bridgehead atoms. The zero-order valence-corrected chi connectivity index (χ0v) is 10.6. The summed E-state index contributed by atoms with van der Waals surface area (Å²) in [7, 11) is 0. The lowest BCUT2D eigenvalue weighted by atomic mass is 9.99. The van der Waals surface area contributed by atoms with Gasteiger partial charge in [0.15, 0.2) is 5.78 Å². The van der Waals surface area contributed by atoms with Gasteiger partial charge >= 0.3 is 0 Å². The fourth-order valence-corrected chi connectivity index (χ4v) is 1.73. The molecule has 0 amide bonds. The van der Waals surface area contributed by atoms with E-state index in [1.165, 1.54) is 25.7 Å². The molecular weight excluding hydrogens is 184 g/mol. The Bertz CT molecular complexity index is 182. The highest BCUT2D eigenvalue weighted by atomic mass is 16.1. The molecule has 0 N–H and O–H groups in total. The molecule has 0 aromatic heterocycles. The Kier molecular flexibility index (Phi) is 9.55. The highest BCUT2D eigenvalue weighted by Crippen LogP contribution is 2.10. The second kappa shape index (κ2) is 9.95. The van der Waals surface area contributed by atoms with Crippen molar-refractivity contribution >= 4 is 5.78 Å². The molecule has 0 aliphatic rings. The van der Waals surface area contributed by atoms with Gasteiger partial charge in [-0.2, -0.15) is 0 Å². The average Bonchev–Trinajstić information content (AvgIpc) is 2.17. The van der Waals surface area contributed by atoms with Crippen molar-refractivity contribution in [3.05, 3.63) is 12.2 Å². The molecule has 0 fully saturated rings. The van der Waals surface area contributed by atoms with Crippen LogP contribution in [0.1, 0.15) is 65.7 Å². The van der Waals surface area contributed by atoms with Gasteiger partial charge in [-0.15, -0.1) is 0 Å². The van der Waals surface area contributed by atoms with E-state index >= 15 is 0 Å². The van der Waals surface area contributed by atoms with Crippen LogP contribution in [0.5, 0.6) is 0 Å². The van der Waals surface area contributed by atoms with Gasteiger partial charge in [0.2, 0.25) is 0 Å². The topological polar surface area (TPSA) is 17.1 Å². The third kappa shape index (κ3) is 9.71. The first-order valence-electron chi connectivity index (χ1n) is 6.40. The molecule has 1 atom stereocenters. The Morgan fingerprint density at radius 2 is 1.93 bits per heavy atom. The molecule has 0 spiro atoms. The molecular formula is C14H26O. The molecule has 0 aromatic rings. The number of allylic oxidation sites excluding steroid dienone is 2. The lowest BCUT2D eigenvalue weighted by molar-refractivity contribution is -0.115. The van der Waals surface area contributed by atoms with Crippen molar-refractivity contribution < 1.29 is 4.79 Å². The molecule has 0 radical (unpaired) electrons. The summed E-state index contributed by atoms with van der Waals surface area (Å²) in [6.45, 7) is 6.52. The maximum absolute atomic E-state index is 11.5. The minimum atomic E-state index is 0.299. The molecule has 0 saturated carbocycles. The maximum Gasteiger partial charge on any atom is 0.155 e. The van der Waals surface area contributed by atoms with Gasteiger partial charge in [-0.1, -0.05) is 52.5 Å². The van der Waals surface area contributed by atoms with Crippen molar-refractivity contribution in [2.45, 2.75) is 65.7 Å². The largest absolute Gasteiger partial charge is 0.295 e. The molecule has 1 nitrogen and oxygen atoms in total. The van der Waals surface area contributed by atoms with Gasteiger partial charge in [-0.25, -0.2) is 0 Å². The summed E-state index contributed by atoms with van der Waals surface area (Å²) in [4.78, 5) is 11.5. The smallest absolute Gasteiger partial charge is 0.155 e. The summed E-state index contributed by atoms with van der Waals surface area (Å²) in [6, 6.07) is 0.